The molecular formula is C11H11Br2N3. The highest BCUT2D eigenvalue weighted by Crippen LogP contribution is 2.30. The lowest BCUT2D eigenvalue weighted by atomic mass is 10.3. The molecule has 16 heavy (non-hydrogen) atoms. The van der Waals surface area contributed by atoms with Gasteiger partial charge in [-0.2, -0.15) is 0 Å². The molecule has 0 radical (unpaired) electrons. The van der Waals surface area contributed by atoms with Crippen LogP contribution in [0.4, 0.5) is 5.69 Å². The van der Waals surface area contributed by atoms with E-state index in [1.807, 2.05) is 36.0 Å². The van der Waals surface area contributed by atoms with E-state index in [1.54, 1.807) is 6.20 Å². The summed E-state index contributed by atoms with van der Waals surface area (Å²) in [6, 6.07) is 6.00. The third-order valence-corrected chi connectivity index (χ3v) is 3.63. The number of nitrogens with zero attached hydrogens (tertiary/aromatic N) is 2. The second kappa shape index (κ2) is 5.01. The number of anilines is 1. The first-order valence-corrected chi connectivity index (χ1v) is 6.41. The highest BCUT2D eigenvalue weighted by atomic mass is 79.9. The monoisotopic (exact) mass is 343 g/mol. The maximum absolute atomic E-state index is 4.26. The summed E-state index contributed by atoms with van der Waals surface area (Å²) in [5.74, 6) is 1.00. The van der Waals surface area contributed by atoms with Gasteiger partial charge < -0.3 is 9.88 Å². The lowest BCUT2D eigenvalue weighted by Gasteiger charge is -2.10. The third kappa shape index (κ3) is 2.47. The fourth-order valence-corrected chi connectivity index (χ4v) is 2.68. The Balaban J connectivity index is 2.14. The normalized spacial score (nSPS) is 10.4. The molecule has 2 rings (SSSR count). The Hall–Kier alpha value is -0.810. The molecule has 0 unspecified atom stereocenters. The molecule has 1 N–H and O–H groups in total. The molecule has 1 aromatic carbocycles. The van der Waals surface area contributed by atoms with Gasteiger partial charge in [0.15, 0.2) is 0 Å². The van der Waals surface area contributed by atoms with E-state index >= 15 is 0 Å². The van der Waals surface area contributed by atoms with Gasteiger partial charge in [-0.15, -0.1) is 0 Å². The lowest BCUT2D eigenvalue weighted by Crippen LogP contribution is -2.06. The fourth-order valence-electron chi connectivity index (χ4n) is 1.40. The van der Waals surface area contributed by atoms with E-state index in [9.17, 15) is 0 Å². The lowest BCUT2D eigenvalue weighted by molar-refractivity contribution is 0.812. The Morgan fingerprint density at radius 3 is 2.56 bits per heavy atom. The van der Waals surface area contributed by atoms with Crippen LogP contribution in [0.5, 0.6) is 0 Å². The molecule has 0 bridgehead atoms. The number of aryl methyl sites for hydroxylation is 1. The molecule has 84 valence electrons. The van der Waals surface area contributed by atoms with Crippen molar-refractivity contribution in [1.82, 2.24) is 9.55 Å². The van der Waals surface area contributed by atoms with Crippen molar-refractivity contribution in [2.24, 2.45) is 7.05 Å². The molecule has 0 spiro atoms. The van der Waals surface area contributed by atoms with Crippen molar-refractivity contribution < 1.29 is 0 Å². The highest BCUT2D eigenvalue weighted by Gasteiger charge is 2.05. The van der Waals surface area contributed by atoms with E-state index in [0.717, 1.165) is 20.5 Å². The van der Waals surface area contributed by atoms with Crippen molar-refractivity contribution in [2.45, 2.75) is 6.54 Å². The van der Waals surface area contributed by atoms with Crippen LogP contribution in [0.1, 0.15) is 5.82 Å². The average molecular weight is 345 g/mol. The second-order valence-electron chi connectivity index (χ2n) is 3.40. The highest BCUT2D eigenvalue weighted by molar-refractivity contribution is 9.11. The SMILES string of the molecule is Cn1ccnc1CNc1c(Br)cccc1Br. The van der Waals surface area contributed by atoms with E-state index in [1.165, 1.54) is 0 Å². The predicted octanol–water partition coefficient (Wildman–Crippen LogP) is 3.56. The van der Waals surface area contributed by atoms with Crippen molar-refractivity contribution in [3.05, 3.63) is 45.4 Å². The molecule has 0 aliphatic heterocycles. The number of aromatic nitrogens is 2. The van der Waals surface area contributed by atoms with E-state index in [2.05, 4.69) is 42.2 Å². The Morgan fingerprint density at radius 2 is 2.00 bits per heavy atom. The Labute approximate surface area is 111 Å². The van der Waals surface area contributed by atoms with E-state index in [-0.39, 0.29) is 0 Å². The summed E-state index contributed by atoms with van der Waals surface area (Å²) in [6.07, 6.45) is 3.73. The zero-order chi connectivity index (χ0) is 11.5. The first-order valence-electron chi connectivity index (χ1n) is 4.82. The second-order valence-corrected chi connectivity index (χ2v) is 5.11. The third-order valence-electron chi connectivity index (χ3n) is 2.31. The van der Waals surface area contributed by atoms with Gasteiger partial charge in [0, 0.05) is 28.4 Å². The number of hydrogen-bond donors (Lipinski definition) is 1. The zero-order valence-corrected chi connectivity index (χ0v) is 11.9. The van der Waals surface area contributed by atoms with Crippen LogP contribution in [-0.4, -0.2) is 9.55 Å². The van der Waals surface area contributed by atoms with Gasteiger partial charge in [0.1, 0.15) is 5.82 Å². The van der Waals surface area contributed by atoms with E-state index < -0.39 is 0 Å². The van der Waals surface area contributed by atoms with Crippen LogP contribution >= 0.6 is 31.9 Å². The minimum absolute atomic E-state index is 0.699. The molecule has 0 saturated heterocycles. The molecule has 5 heteroatoms. The van der Waals surface area contributed by atoms with Crippen LogP contribution < -0.4 is 5.32 Å². The van der Waals surface area contributed by atoms with Crippen LogP contribution in [0.2, 0.25) is 0 Å². The predicted molar refractivity (Wildman–Crippen MR) is 72.4 cm³/mol. The van der Waals surface area contributed by atoms with E-state index in [0.29, 0.717) is 6.54 Å². The first-order chi connectivity index (χ1) is 7.68. The summed E-state index contributed by atoms with van der Waals surface area (Å²) < 4.78 is 4.07. The molecule has 1 heterocycles. The Bertz CT molecular complexity index is 473. The summed E-state index contributed by atoms with van der Waals surface area (Å²) in [7, 11) is 1.99. The number of halogens is 2. The average Bonchev–Trinajstić information content (AvgIpc) is 2.64. The van der Waals surface area contributed by atoms with Crippen molar-refractivity contribution in [2.75, 3.05) is 5.32 Å². The van der Waals surface area contributed by atoms with E-state index in [4.69, 9.17) is 0 Å². The van der Waals surface area contributed by atoms with Gasteiger partial charge in [-0.1, -0.05) is 6.07 Å². The molecule has 0 saturated carbocycles. The Morgan fingerprint density at radius 1 is 1.31 bits per heavy atom. The molecule has 0 aliphatic carbocycles. The molecule has 0 aliphatic rings. The number of hydrogen-bond acceptors (Lipinski definition) is 2. The maximum atomic E-state index is 4.26. The summed E-state index contributed by atoms with van der Waals surface area (Å²) in [5.41, 5.74) is 1.05. The van der Waals surface area contributed by atoms with Gasteiger partial charge in [0.25, 0.3) is 0 Å². The number of imidazole rings is 1. The quantitative estimate of drug-likeness (QED) is 0.922. The minimum atomic E-state index is 0.699. The summed E-state index contributed by atoms with van der Waals surface area (Å²) in [6.45, 7) is 0.699. The first kappa shape index (κ1) is 11.7. The number of rotatable bonds is 3. The summed E-state index contributed by atoms with van der Waals surface area (Å²) in [4.78, 5) is 4.26. The maximum Gasteiger partial charge on any atom is 0.127 e. The van der Waals surface area contributed by atoms with Gasteiger partial charge >= 0.3 is 0 Å². The molecule has 0 atom stereocenters. The molecule has 1 aromatic heterocycles. The van der Waals surface area contributed by atoms with Crippen LogP contribution in [0.3, 0.4) is 0 Å². The molecule has 0 amide bonds. The fraction of sp³-hybridized carbons (Fsp3) is 0.182. The van der Waals surface area contributed by atoms with Crippen LogP contribution in [0.15, 0.2) is 39.5 Å². The van der Waals surface area contributed by atoms with Gasteiger partial charge in [0.2, 0.25) is 0 Å². The van der Waals surface area contributed by atoms with Gasteiger partial charge in [-0.3, -0.25) is 0 Å². The molecule has 3 nitrogen and oxygen atoms in total. The van der Waals surface area contributed by atoms with Crippen molar-refractivity contribution in [3.8, 4) is 0 Å². The largest absolute Gasteiger partial charge is 0.376 e. The zero-order valence-electron chi connectivity index (χ0n) is 8.74. The van der Waals surface area contributed by atoms with Crippen molar-refractivity contribution in [1.29, 1.82) is 0 Å². The van der Waals surface area contributed by atoms with Crippen LogP contribution in [0.25, 0.3) is 0 Å². The van der Waals surface area contributed by atoms with Crippen LogP contribution in [0, 0.1) is 0 Å². The van der Waals surface area contributed by atoms with Crippen LogP contribution in [-0.2, 0) is 13.6 Å². The Kier molecular flexibility index (Phi) is 3.66. The van der Waals surface area contributed by atoms with Gasteiger partial charge in [0.05, 0.1) is 12.2 Å². The minimum Gasteiger partial charge on any atom is -0.376 e. The molecular weight excluding hydrogens is 334 g/mol. The van der Waals surface area contributed by atoms with Gasteiger partial charge in [-0.25, -0.2) is 4.98 Å². The smallest absolute Gasteiger partial charge is 0.127 e. The number of nitrogens with one attached hydrogen (secondary N) is 1. The van der Waals surface area contributed by atoms with Crippen molar-refractivity contribution in [3.63, 3.8) is 0 Å². The molecule has 2 aromatic rings. The van der Waals surface area contributed by atoms with Crippen molar-refractivity contribution >= 4 is 37.5 Å². The molecule has 0 fully saturated rings. The van der Waals surface area contributed by atoms with Gasteiger partial charge in [-0.05, 0) is 44.0 Å². The topological polar surface area (TPSA) is 29.9 Å². The standard InChI is InChI=1S/C11H11Br2N3/c1-16-6-5-14-10(16)7-15-11-8(12)3-2-4-9(11)13/h2-6,15H,7H2,1H3. The summed E-state index contributed by atoms with van der Waals surface area (Å²) >= 11 is 7.02. The number of para-hydroxylation sites is 1. The number of benzene rings is 1. The summed E-state index contributed by atoms with van der Waals surface area (Å²) in [5, 5.41) is 3.35.